The first-order chi connectivity index (χ1) is 7.25. The quantitative estimate of drug-likeness (QED) is 0.818. The number of hydrogen-bond acceptors (Lipinski definition) is 2. The summed E-state index contributed by atoms with van der Waals surface area (Å²) in [7, 11) is 0. The number of H-pyrrole nitrogens is 1. The Morgan fingerprint density at radius 1 is 1.47 bits per heavy atom. The Morgan fingerprint density at radius 3 is 3.00 bits per heavy atom. The highest BCUT2D eigenvalue weighted by Gasteiger charge is 2.07. The van der Waals surface area contributed by atoms with Gasteiger partial charge in [-0.05, 0) is 18.2 Å². The summed E-state index contributed by atoms with van der Waals surface area (Å²) in [6, 6.07) is 6.93. The Kier molecular flexibility index (Phi) is 2.69. The molecule has 1 amide bonds. The van der Waals surface area contributed by atoms with E-state index in [1.807, 2.05) is 0 Å². The molecule has 2 N–H and O–H groups in total. The molecular weight excluding hydrogens is 214 g/mol. The minimum Gasteiger partial charge on any atom is -0.341 e. The number of hydrogen-bond donors (Lipinski definition) is 2. The van der Waals surface area contributed by atoms with Crippen molar-refractivity contribution >= 4 is 23.2 Å². The molecule has 76 valence electrons. The largest absolute Gasteiger partial charge is 0.341 e. The lowest BCUT2D eigenvalue weighted by Gasteiger charge is -2.02. The lowest BCUT2D eigenvalue weighted by Crippen LogP contribution is -2.13. The third-order valence-electron chi connectivity index (χ3n) is 1.80. The van der Waals surface area contributed by atoms with E-state index < -0.39 is 0 Å². The Labute approximate surface area is 91.3 Å². The summed E-state index contributed by atoms with van der Waals surface area (Å²) < 4.78 is 0. The van der Waals surface area contributed by atoms with E-state index in [4.69, 9.17) is 11.6 Å². The molecule has 2 aromatic rings. The molecule has 1 heterocycles. The Morgan fingerprint density at radius 2 is 2.33 bits per heavy atom. The second-order valence-electron chi connectivity index (χ2n) is 2.90. The number of aromatic amines is 1. The van der Waals surface area contributed by atoms with Gasteiger partial charge in [-0.1, -0.05) is 17.7 Å². The number of carbonyl (C=O) groups excluding carboxylic acids is 1. The van der Waals surface area contributed by atoms with Crippen molar-refractivity contribution in [3.8, 4) is 0 Å². The molecule has 5 heteroatoms. The summed E-state index contributed by atoms with van der Waals surface area (Å²) in [6.45, 7) is 0. The normalized spacial score (nSPS) is 9.93. The van der Waals surface area contributed by atoms with Gasteiger partial charge in [-0.3, -0.25) is 4.79 Å². The van der Waals surface area contributed by atoms with Crippen LogP contribution in [0.5, 0.6) is 0 Å². The molecule has 15 heavy (non-hydrogen) atoms. The molecule has 0 aliphatic carbocycles. The molecule has 1 aromatic heterocycles. The number of rotatable bonds is 2. The Hall–Kier alpha value is -1.81. The minimum atomic E-state index is -0.290. The van der Waals surface area contributed by atoms with Crippen molar-refractivity contribution in [3.63, 3.8) is 0 Å². The van der Waals surface area contributed by atoms with Crippen LogP contribution in [-0.4, -0.2) is 15.9 Å². The van der Waals surface area contributed by atoms with Crippen LogP contribution >= 0.6 is 11.6 Å². The zero-order valence-electron chi connectivity index (χ0n) is 7.70. The number of halogens is 1. The third-order valence-corrected chi connectivity index (χ3v) is 2.03. The third kappa shape index (κ3) is 2.35. The van der Waals surface area contributed by atoms with Crippen molar-refractivity contribution < 1.29 is 4.79 Å². The second kappa shape index (κ2) is 4.14. The van der Waals surface area contributed by atoms with Gasteiger partial charge in [0.1, 0.15) is 0 Å². The molecule has 0 radical (unpaired) electrons. The van der Waals surface area contributed by atoms with E-state index in [2.05, 4.69) is 15.3 Å². The maximum Gasteiger partial charge on any atom is 0.291 e. The van der Waals surface area contributed by atoms with Gasteiger partial charge in [0.15, 0.2) is 5.82 Å². The highest BCUT2D eigenvalue weighted by atomic mass is 35.5. The number of amides is 1. The number of nitrogens with zero attached hydrogens (tertiary/aromatic N) is 1. The van der Waals surface area contributed by atoms with E-state index in [0.29, 0.717) is 10.7 Å². The summed E-state index contributed by atoms with van der Waals surface area (Å²) >= 11 is 5.78. The summed E-state index contributed by atoms with van der Waals surface area (Å²) in [5.74, 6) is -0.0164. The molecule has 0 unspecified atom stereocenters. The van der Waals surface area contributed by atoms with Crippen LogP contribution in [0.2, 0.25) is 5.02 Å². The van der Waals surface area contributed by atoms with E-state index in [1.54, 1.807) is 30.5 Å². The lowest BCUT2D eigenvalue weighted by atomic mass is 10.3. The van der Waals surface area contributed by atoms with Gasteiger partial charge in [-0.2, -0.15) is 0 Å². The molecule has 2 rings (SSSR count). The summed E-state index contributed by atoms with van der Waals surface area (Å²) in [6.07, 6.45) is 3.11. The SMILES string of the molecule is O=C(Nc1cccc(Cl)c1)c1ncc[nH]1. The molecule has 4 nitrogen and oxygen atoms in total. The fourth-order valence-corrected chi connectivity index (χ4v) is 1.34. The van der Waals surface area contributed by atoms with Gasteiger partial charge in [0.05, 0.1) is 0 Å². The van der Waals surface area contributed by atoms with Crippen LogP contribution in [0.4, 0.5) is 5.69 Å². The molecule has 0 saturated heterocycles. The average molecular weight is 222 g/mol. The van der Waals surface area contributed by atoms with E-state index in [-0.39, 0.29) is 11.7 Å². The number of imidazole rings is 1. The number of benzene rings is 1. The first kappa shape index (κ1) is 9.73. The van der Waals surface area contributed by atoms with Gasteiger partial charge in [-0.25, -0.2) is 4.98 Å². The monoisotopic (exact) mass is 221 g/mol. The van der Waals surface area contributed by atoms with Crippen molar-refractivity contribution in [1.29, 1.82) is 0 Å². The summed E-state index contributed by atoms with van der Waals surface area (Å²) in [5.41, 5.74) is 0.643. The number of carbonyl (C=O) groups is 1. The molecule has 0 spiro atoms. The van der Waals surface area contributed by atoms with Gasteiger partial charge in [0.2, 0.25) is 0 Å². The lowest BCUT2D eigenvalue weighted by molar-refractivity contribution is 0.101. The van der Waals surface area contributed by atoms with Crippen LogP contribution in [0.1, 0.15) is 10.6 Å². The molecule has 0 bridgehead atoms. The van der Waals surface area contributed by atoms with E-state index >= 15 is 0 Å². The van der Waals surface area contributed by atoms with Gasteiger partial charge in [0.25, 0.3) is 5.91 Å². The minimum absolute atomic E-state index is 0.273. The molecule has 0 saturated carbocycles. The van der Waals surface area contributed by atoms with Crippen LogP contribution < -0.4 is 5.32 Å². The number of anilines is 1. The van der Waals surface area contributed by atoms with Crippen LogP contribution in [0.3, 0.4) is 0 Å². The second-order valence-corrected chi connectivity index (χ2v) is 3.34. The predicted molar refractivity (Wildman–Crippen MR) is 58.0 cm³/mol. The average Bonchev–Trinajstić information content (AvgIpc) is 2.70. The van der Waals surface area contributed by atoms with Crippen molar-refractivity contribution in [3.05, 3.63) is 47.5 Å². The molecule has 0 fully saturated rings. The van der Waals surface area contributed by atoms with Crippen LogP contribution in [0.25, 0.3) is 0 Å². The smallest absolute Gasteiger partial charge is 0.291 e. The standard InChI is InChI=1S/C10H8ClN3O/c11-7-2-1-3-8(6-7)14-10(15)9-12-4-5-13-9/h1-6H,(H,12,13)(H,14,15). The van der Waals surface area contributed by atoms with Crippen LogP contribution in [-0.2, 0) is 0 Å². The van der Waals surface area contributed by atoms with E-state index in [1.165, 1.54) is 6.20 Å². The first-order valence-corrected chi connectivity index (χ1v) is 4.70. The first-order valence-electron chi connectivity index (χ1n) is 4.32. The zero-order chi connectivity index (χ0) is 10.7. The highest BCUT2D eigenvalue weighted by molar-refractivity contribution is 6.30. The van der Waals surface area contributed by atoms with Crippen molar-refractivity contribution in [2.75, 3.05) is 5.32 Å². The zero-order valence-corrected chi connectivity index (χ0v) is 8.45. The van der Waals surface area contributed by atoms with Crippen molar-refractivity contribution in [2.24, 2.45) is 0 Å². The Bertz CT molecular complexity index is 467. The van der Waals surface area contributed by atoms with Gasteiger partial charge < -0.3 is 10.3 Å². The van der Waals surface area contributed by atoms with Gasteiger partial charge >= 0.3 is 0 Å². The molecule has 0 aliphatic rings. The number of nitrogens with one attached hydrogen (secondary N) is 2. The van der Waals surface area contributed by atoms with E-state index in [0.717, 1.165) is 0 Å². The molecule has 0 aliphatic heterocycles. The number of aromatic nitrogens is 2. The molecule has 0 atom stereocenters. The maximum atomic E-state index is 11.5. The fourth-order valence-electron chi connectivity index (χ4n) is 1.15. The molecule has 1 aromatic carbocycles. The molecular formula is C10H8ClN3O. The van der Waals surface area contributed by atoms with Crippen LogP contribution in [0.15, 0.2) is 36.7 Å². The highest BCUT2D eigenvalue weighted by Crippen LogP contribution is 2.15. The maximum absolute atomic E-state index is 11.5. The summed E-state index contributed by atoms with van der Waals surface area (Å²) in [4.78, 5) is 18.1. The Balaban J connectivity index is 2.13. The van der Waals surface area contributed by atoms with E-state index in [9.17, 15) is 4.79 Å². The van der Waals surface area contributed by atoms with Crippen molar-refractivity contribution in [1.82, 2.24) is 9.97 Å². The summed E-state index contributed by atoms with van der Waals surface area (Å²) in [5, 5.41) is 3.24. The fraction of sp³-hybridized carbons (Fsp3) is 0. The van der Waals surface area contributed by atoms with Gasteiger partial charge in [0, 0.05) is 23.1 Å². The topological polar surface area (TPSA) is 57.8 Å². The van der Waals surface area contributed by atoms with Gasteiger partial charge in [-0.15, -0.1) is 0 Å². The predicted octanol–water partition coefficient (Wildman–Crippen LogP) is 2.32. The van der Waals surface area contributed by atoms with Crippen molar-refractivity contribution in [2.45, 2.75) is 0 Å². The van der Waals surface area contributed by atoms with Crippen LogP contribution in [0, 0.1) is 0 Å².